The van der Waals surface area contributed by atoms with Crippen LogP contribution in [0, 0.1) is 6.67 Å². The monoisotopic (exact) mass is 866 g/mol. The molecule has 3 rings (SSSR count). The molecule has 0 aromatic heterocycles. The molecule has 258 valence electrons. The summed E-state index contributed by atoms with van der Waals surface area (Å²) in [5.74, 6) is 1.92. The van der Waals surface area contributed by atoms with Gasteiger partial charge in [0, 0.05) is 11.4 Å². The average Bonchev–Trinajstić information content (AvgIpc) is 3.35. The number of hydrogen-bond acceptors (Lipinski definition) is 6. The smallest absolute Gasteiger partial charge is 0.479 e. The molecule has 0 spiro atoms. The third kappa shape index (κ3) is 9.74. The maximum Gasteiger partial charge on any atom is 1.00 e. The van der Waals surface area contributed by atoms with Crippen molar-refractivity contribution < 1.29 is 65.6 Å². The SMILES string of the molecule is CC(C)c1cccc(C(C)C)c1N1C=CN(c2c(C(C)C)cccc2C(C)C)[CH-]1.O=S(=O)([N-]S(=O)(=O)C(F)(F)F)C(F)(F)F.[Au+]. The maximum absolute atomic E-state index is 11.4. The van der Waals surface area contributed by atoms with Gasteiger partial charge >= 0.3 is 33.4 Å². The largest absolute Gasteiger partial charge is 1.00 e. The summed E-state index contributed by atoms with van der Waals surface area (Å²) >= 11 is 0. The number of halogens is 6. The molecule has 0 unspecified atom stereocenters. The Morgan fingerprint density at radius 3 is 1.02 bits per heavy atom. The molecule has 0 N–H and O–H groups in total. The number of alkyl halides is 6. The summed E-state index contributed by atoms with van der Waals surface area (Å²) in [4.78, 5) is 4.65. The van der Waals surface area contributed by atoms with E-state index in [1.807, 2.05) is 0 Å². The van der Waals surface area contributed by atoms with Crippen LogP contribution in [0.15, 0.2) is 48.8 Å². The topological polar surface area (TPSA) is 88.9 Å². The second-order valence-corrected chi connectivity index (χ2v) is 14.8. The molecule has 1 aliphatic rings. The third-order valence-corrected chi connectivity index (χ3v) is 9.36. The molecule has 2 aromatic carbocycles. The van der Waals surface area contributed by atoms with Gasteiger partial charge in [-0.15, -0.1) is 6.67 Å². The van der Waals surface area contributed by atoms with Crippen molar-refractivity contribution in [2.24, 2.45) is 0 Å². The van der Waals surface area contributed by atoms with Crippen LogP contribution in [0.25, 0.3) is 4.13 Å². The van der Waals surface area contributed by atoms with Gasteiger partial charge in [0.25, 0.3) is 0 Å². The van der Waals surface area contributed by atoms with E-state index < -0.39 is 31.1 Å². The number of nitrogens with zero attached hydrogens (tertiary/aromatic N) is 3. The van der Waals surface area contributed by atoms with Crippen molar-refractivity contribution in [3.8, 4) is 0 Å². The Morgan fingerprint density at radius 2 is 0.822 bits per heavy atom. The fraction of sp³-hybridized carbons (Fsp3) is 0.483. The number of para-hydroxylation sites is 2. The van der Waals surface area contributed by atoms with Gasteiger partial charge in [0.2, 0.25) is 0 Å². The molecule has 0 aliphatic carbocycles. The van der Waals surface area contributed by atoms with Gasteiger partial charge in [0.15, 0.2) is 20.0 Å². The van der Waals surface area contributed by atoms with E-state index in [0.717, 1.165) is 4.13 Å². The third-order valence-electron chi connectivity index (χ3n) is 6.62. The van der Waals surface area contributed by atoms with Crippen molar-refractivity contribution in [3.63, 3.8) is 0 Å². The van der Waals surface area contributed by atoms with E-state index in [1.165, 1.54) is 33.6 Å². The number of benzene rings is 2. The molecule has 2 aromatic rings. The Morgan fingerprint density at radius 1 is 0.578 bits per heavy atom. The van der Waals surface area contributed by atoms with E-state index in [9.17, 15) is 43.2 Å². The quantitative estimate of drug-likeness (QED) is 0.150. The Kier molecular flexibility index (Phi) is 13.9. The molecule has 0 saturated carbocycles. The molecule has 1 aliphatic heterocycles. The fourth-order valence-electron chi connectivity index (χ4n) is 4.45. The molecule has 0 atom stereocenters. The number of rotatable bonds is 8. The Hall–Kier alpha value is -2.04. The summed E-state index contributed by atoms with van der Waals surface area (Å²) in [6.45, 7) is 20.5. The van der Waals surface area contributed by atoms with Crippen LogP contribution >= 0.6 is 0 Å². The van der Waals surface area contributed by atoms with E-state index in [1.54, 1.807) is 0 Å². The summed E-state index contributed by atoms with van der Waals surface area (Å²) in [5, 5.41) is 0. The van der Waals surface area contributed by atoms with Crippen LogP contribution in [0.3, 0.4) is 0 Å². The van der Waals surface area contributed by atoms with Gasteiger partial charge < -0.3 is 13.9 Å². The summed E-state index contributed by atoms with van der Waals surface area (Å²) < 4.78 is 109. The molecular weight excluding hydrogens is 829 g/mol. The van der Waals surface area contributed by atoms with Gasteiger partial charge in [-0.05, 0) is 58.3 Å². The Bertz CT molecular complexity index is 1390. The Balaban J connectivity index is 0.000000541. The zero-order valence-electron chi connectivity index (χ0n) is 25.9. The van der Waals surface area contributed by atoms with Crippen LogP contribution in [0.4, 0.5) is 37.7 Å². The van der Waals surface area contributed by atoms with Gasteiger partial charge in [0.1, 0.15) is 0 Å². The molecule has 0 radical (unpaired) electrons. The molecule has 45 heavy (non-hydrogen) atoms. The minimum absolute atomic E-state index is 0. The van der Waals surface area contributed by atoms with Gasteiger partial charge in [-0.3, -0.25) is 0 Å². The van der Waals surface area contributed by atoms with E-state index >= 15 is 0 Å². The molecular formula is C29H37AuF6N3O4S2-. The zero-order valence-corrected chi connectivity index (χ0v) is 29.7. The predicted molar refractivity (Wildman–Crippen MR) is 161 cm³/mol. The standard InChI is InChI=1S/C27H37N2.C2F6NO4S2.Au/c1-18(2)22-11-9-12-23(19(3)4)26(22)28-15-16-29(17-28)27-24(20(5)6)13-10-14-25(27)21(7)8;3-1(4,5)14(10,11)9-15(12,13)2(6,7)8;/h9-21H,1-8H3;;/q2*-1;+1. The Labute approximate surface area is 277 Å². The van der Waals surface area contributed by atoms with Crippen molar-refractivity contribution in [1.82, 2.24) is 0 Å². The van der Waals surface area contributed by atoms with Crippen molar-refractivity contribution in [2.75, 3.05) is 9.80 Å². The first kappa shape index (κ1) is 41.0. The minimum atomic E-state index is -6.72. The summed E-state index contributed by atoms with van der Waals surface area (Å²) in [6.07, 6.45) is 4.43. The van der Waals surface area contributed by atoms with Crippen LogP contribution in [0.2, 0.25) is 0 Å². The van der Waals surface area contributed by atoms with Gasteiger partial charge in [-0.1, -0.05) is 91.8 Å². The van der Waals surface area contributed by atoms with E-state index in [0.29, 0.717) is 23.7 Å². The maximum atomic E-state index is 11.4. The molecule has 0 fully saturated rings. The van der Waals surface area contributed by atoms with E-state index in [2.05, 4.69) is 121 Å². The molecule has 0 saturated heterocycles. The zero-order chi connectivity index (χ0) is 34.0. The van der Waals surface area contributed by atoms with Gasteiger partial charge in [-0.25, -0.2) is 16.8 Å². The number of sulfonamides is 2. The molecule has 16 heteroatoms. The van der Waals surface area contributed by atoms with Crippen molar-refractivity contribution in [1.29, 1.82) is 0 Å². The molecule has 7 nitrogen and oxygen atoms in total. The van der Waals surface area contributed by atoms with E-state index in [-0.39, 0.29) is 22.4 Å². The van der Waals surface area contributed by atoms with Crippen LogP contribution in [0.1, 0.15) is 101 Å². The van der Waals surface area contributed by atoms with E-state index in [4.69, 9.17) is 0 Å². The first-order chi connectivity index (χ1) is 19.9. The number of anilines is 2. The van der Waals surface area contributed by atoms with Gasteiger partial charge in [-0.2, -0.15) is 26.3 Å². The van der Waals surface area contributed by atoms with Crippen molar-refractivity contribution >= 4 is 31.4 Å². The molecule has 1 heterocycles. The first-order valence-electron chi connectivity index (χ1n) is 13.6. The summed E-state index contributed by atoms with van der Waals surface area (Å²) in [7, 11) is -13.4. The van der Waals surface area contributed by atoms with Crippen LogP contribution < -0.4 is 9.80 Å². The molecule has 0 bridgehead atoms. The van der Waals surface area contributed by atoms with Crippen LogP contribution in [0.5, 0.6) is 0 Å². The summed E-state index contributed by atoms with van der Waals surface area (Å²) in [5.41, 5.74) is -4.12. The van der Waals surface area contributed by atoms with Crippen LogP contribution in [-0.4, -0.2) is 27.9 Å². The average molecular weight is 867 g/mol. The summed E-state index contributed by atoms with van der Waals surface area (Å²) in [6, 6.07) is 13.5. The van der Waals surface area contributed by atoms with Crippen molar-refractivity contribution in [2.45, 2.75) is 90.1 Å². The van der Waals surface area contributed by atoms with Crippen LogP contribution in [-0.2, 0) is 42.4 Å². The molecule has 0 amide bonds. The minimum Gasteiger partial charge on any atom is -0.479 e. The fourth-order valence-corrected chi connectivity index (χ4v) is 6.16. The second-order valence-electron chi connectivity index (χ2n) is 11.3. The predicted octanol–water partition coefficient (Wildman–Crippen LogP) is 9.15. The van der Waals surface area contributed by atoms with Crippen molar-refractivity contribution in [3.05, 3.63) is 81.8 Å². The van der Waals surface area contributed by atoms with Gasteiger partial charge in [0.05, 0.1) is 0 Å². The normalized spacial score (nSPS) is 14.4. The first-order valence-corrected chi connectivity index (χ1v) is 16.5. The second kappa shape index (κ2) is 15.2. The number of hydrogen-bond donors (Lipinski definition) is 0.